The van der Waals surface area contributed by atoms with E-state index >= 15 is 0 Å². The fourth-order valence-corrected chi connectivity index (χ4v) is 3.98. The predicted molar refractivity (Wildman–Crippen MR) is 75.4 cm³/mol. The van der Waals surface area contributed by atoms with Gasteiger partial charge in [0.15, 0.2) is 0 Å². The van der Waals surface area contributed by atoms with Gasteiger partial charge in [-0.2, -0.15) is 0 Å². The van der Waals surface area contributed by atoms with Crippen LogP contribution in [0.2, 0.25) is 0 Å². The van der Waals surface area contributed by atoms with E-state index in [1.807, 2.05) is 0 Å². The number of likely N-dealkylation sites (tertiary alicyclic amines) is 1. The van der Waals surface area contributed by atoms with Crippen molar-refractivity contribution in [2.45, 2.75) is 64.0 Å². The largest absolute Gasteiger partial charge is 0.389 e. The molecular formula is C15H30N2O. The highest BCUT2D eigenvalue weighted by molar-refractivity contribution is 5.05. The molecule has 1 heterocycles. The first-order valence-electron chi connectivity index (χ1n) is 7.55. The molecule has 3 N–H and O–H groups in total. The topological polar surface area (TPSA) is 49.5 Å². The highest BCUT2D eigenvalue weighted by Gasteiger charge is 2.52. The molecule has 0 spiro atoms. The maximum absolute atomic E-state index is 11.2. The maximum Gasteiger partial charge on any atom is 0.0742 e. The molecule has 1 aliphatic heterocycles. The molecule has 3 nitrogen and oxygen atoms in total. The standard InChI is InChI=1S/C15H30N2O/c1-12-4-6-14(11-16,7-5-12)15(18)8-9-17(3)13(2)10-15/h12-13,18H,4-11,16H2,1-3H3. The van der Waals surface area contributed by atoms with Crippen LogP contribution < -0.4 is 5.73 Å². The van der Waals surface area contributed by atoms with E-state index < -0.39 is 5.60 Å². The number of nitrogens with two attached hydrogens (primary N) is 1. The molecule has 18 heavy (non-hydrogen) atoms. The quantitative estimate of drug-likeness (QED) is 0.792. The summed E-state index contributed by atoms with van der Waals surface area (Å²) in [4.78, 5) is 2.35. The highest BCUT2D eigenvalue weighted by Crippen LogP contribution is 2.50. The summed E-state index contributed by atoms with van der Waals surface area (Å²) in [7, 11) is 2.16. The lowest BCUT2D eigenvalue weighted by Gasteiger charge is -2.54. The van der Waals surface area contributed by atoms with Gasteiger partial charge in [0.2, 0.25) is 0 Å². The third-order valence-corrected chi connectivity index (χ3v) is 5.87. The van der Waals surface area contributed by atoms with Crippen molar-refractivity contribution in [2.75, 3.05) is 20.1 Å². The minimum atomic E-state index is -0.534. The van der Waals surface area contributed by atoms with Gasteiger partial charge in [-0.3, -0.25) is 0 Å². The molecule has 0 aromatic rings. The molecule has 2 fully saturated rings. The number of rotatable bonds is 2. The Balaban J connectivity index is 2.16. The number of aliphatic hydroxyl groups is 1. The molecule has 1 saturated carbocycles. The third-order valence-electron chi connectivity index (χ3n) is 5.87. The summed E-state index contributed by atoms with van der Waals surface area (Å²) in [6.07, 6.45) is 6.44. The summed E-state index contributed by atoms with van der Waals surface area (Å²) in [6, 6.07) is 0.464. The van der Waals surface area contributed by atoms with Gasteiger partial charge in [0.1, 0.15) is 0 Å². The first kappa shape index (κ1) is 14.3. The van der Waals surface area contributed by atoms with Crippen molar-refractivity contribution < 1.29 is 5.11 Å². The van der Waals surface area contributed by atoms with Gasteiger partial charge in [-0.25, -0.2) is 0 Å². The van der Waals surface area contributed by atoms with E-state index in [0.717, 1.165) is 38.1 Å². The Labute approximate surface area is 112 Å². The second kappa shape index (κ2) is 5.10. The van der Waals surface area contributed by atoms with Crippen LogP contribution in [0.3, 0.4) is 0 Å². The van der Waals surface area contributed by atoms with Gasteiger partial charge in [0.25, 0.3) is 0 Å². The average Bonchev–Trinajstić information content (AvgIpc) is 2.35. The SMILES string of the molecule is CC1CCC(CN)(C2(O)CCN(C)C(C)C2)CC1. The summed E-state index contributed by atoms with van der Waals surface area (Å²) in [5.41, 5.74) is 5.55. The van der Waals surface area contributed by atoms with Crippen LogP contribution in [0, 0.1) is 11.3 Å². The Morgan fingerprint density at radius 1 is 1.22 bits per heavy atom. The van der Waals surface area contributed by atoms with Gasteiger partial charge in [0, 0.05) is 24.5 Å². The smallest absolute Gasteiger partial charge is 0.0742 e. The molecule has 2 rings (SSSR count). The second-order valence-corrected chi connectivity index (χ2v) is 6.98. The van der Waals surface area contributed by atoms with Crippen molar-refractivity contribution in [3.05, 3.63) is 0 Å². The first-order chi connectivity index (χ1) is 8.42. The van der Waals surface area contributed by atoms with Gasteiger partial charge in [-0.05, 0) is 45.6 Å². The van der Waals surface area contributed by atoms with E-state index in [1.54, 1.807) is 0 Å². The Morgan fingerprint density at radius 3 is 2.33 bits per heavy atom. The lowest BCUT2D eigenvalue weighted by atomic mass is 9.58. The number of nitrogens with zero attached hydrogens (tertiary/aromatic N) is 1. The first-order valence-corrected chi connectivity index (χ1v) is 7.55. The molecule has 0 radical (unpaired) electrons. The van der Waals surface area contributed by atoms with Crippen LogP contribution in [0.1, 0.15) is 52.4 Å². The minimum Gasteiger partial charge on any atom is -0.389 e. The summed E-state index contributed by atoms with van der Waals surface area (Å²) < 4.78 is 0. The van der Waals surface area contributed by atoms with Gasteiger partial charge in [-0.15, -0.1) is 0 Å². The predicted octanol–water partition coefficient (Wildman–Crippen LogP) is 1.99. The Hall–Kier alpha value is -0.120. The van der Waals surface area contributed by atoms with E-state index in [1.165, 1.54) is 12.8 Å². The zero-order valence-corrected chi connectivity index (χ0v) is 12.3. The number of hydrogen-bond acceptors (Lipinski definition) is 3. The Bertz CT molecular complexity index is 286. The monoisotopic (exact) mass is 254 g/mol. The molecule has 2 aliphatic rings. The maximum atomic E-state index is 11.2. The van der Waals surface area contributed by atoms with Crippen LogP contribution in [-0.4, -0.2) is 41.8 Å². The summed E-state index contributed by atoms with van der Waals surface area (Å²) >= 11 is 0. The molecule has 0 aromatic heterocycles. The molecule has 2 unspecified atom stereocenters. The third kappa shape index (κ3) is 2.33. The van der Waals surface area contributed by atoms with Crippen LogP contribution in [-0.2, 0) is 0 Å². The van der Waals surface area contributed by atoms with Gasteiger partial charge >= 0.3 is 0 Å². The zero-order chi connectivity index (χ0) is 13.4. The summed E-state index contributed by atoms with van der Waals surface area (Å²) in [5.74, 6) is 0.803. The van der Waals surface area contributed by atoms with Crippen LogP contribution in [0.15, 0.2) is 0 Å². The van der Waals surface area contributed by atoms with E-state index in [2.05, 4.69) is 25.8 Å². The Morgan fingerprint density at radius 2 is 1.83 bits per heavy atom. The molecule has 1 aliphatic carbocycles. The fraction of sp³-hybridized carbons (Fsp3) is 1.00. The number of piperidine rings is 1. The van der Waals surface area contributed by atoms with Crippen molar-refractivity contribution in [2.24, 2.45) is 17.1 Å². The second-order valence-electron chi connectivity index (χ2n) is 6.98. The minimum absolute atomic E-state index is 0.0188. The van der Waals surface area contributed by atoms with Crippen molar-refractivity contribution >= 4 is 0 Å². The van der Waals surface area contributed by atoms with Gasteiger partial charge in [-0.1, -0.05) is 19.8 Å². The van der Waals surface area contributed by atoms with Crippen LogP contribution >= 0.6 is 0 Å². The van der Waals surface area contributed by atoms with E-state index in [9.17, 15) is 5.11 Å². The van der Waals surface area contributed by atoms with Gasteiger partial charge in [0.05, 0.1) is 5.60 Å². The highest BCUT2D eigenvalue weighted by atomic mass is 16.3. The van der Waals surface area contributed by atoms with Crippen LogP contribution in [0.5, 0.6) is 0 Å². The van der Waals surface area contributed by atoms with Crippen molar-refractivity contribution in [3.63, 3.8) is 0 Å². The zero-order valence-electron chi connectivity index (χ0n) is 12.3. The summed E-state index contributed by atoms with van der Waals surface area (Å²) in [5, 5.41) is 11.2. The van der Waals surface area contributed by atoms with E-state index in [0.29, 0.717) is 12.6 Å². The van der Waals surface area contributed by atoms with Crippen molar-refractivity contribution in [1.29, 1.82) is 0 Å². The fourth-order valence-electron chi connectivity index (χ4n) is 3.98. The van der Waals surface area contributed by atoms with Gasteiger partial charge < -0.3 is 15.7 Å². The lowest BCUT2D eigenvalue weighted by molar-refractivity contribution is -0.144. The average molecular weight is 254 g/mol. The summed E-state index contributed by atoms with van der Waals surface area (Å²) in [6.45, 7) is 6.18. The van der Waals surface area contributed by atoms with Crippen molar-refractivity contribution in [3.8, 4) is 0 Å². The lowest BCUT2D eigenvalue weighted by Crippen LogP contribution is -2.60. The molecule has 0 amide bonds. The van der Waals surface area contributed by atoms with E-state index in [-0.39, 0.29) is 5.41 Å². The Kier molecular flexibility index (Phi) is 4.05. The number of hydrogen-bond donors (Lipinski definition) is 2. The molecule has 2 atom stereocenters. The van der Waals surface area contributed by atoms with Crippen LogP contribution in [0.4, 0.5) is 0 Å². The molecule has 0 aromatic carbocycles. The molecule has 106 valence electrons. The van der Waals surface area contributed by atoms with Crippen molar-refractivity contribution in [1.82, 2.24) is 4.90 Å². The van der Waals surface area contributed by atoms with Crippen LogP contribution in [0.25, 0.3) is 0 Å². The molecular weight excluding hydrogens is 224 g/mol. The molecule has 0 bridgehead atoms. The molecule has 3 heteroatoms. The normalized spacial score (nSPS) is 47.2. The molecule has 1 saturated heterocycles. The van der Waals surface area contributed by atoms with E-state index in [4.69, 9.17) is 5.73 Å².